The van der Waals surface area contributed by atoms with Gasteiger partial charge in [0.05, 0.1) is 6.54 Å². The van der Waals surface area contributed by atoms with E-state index in [9.17, 15) is 18.0 Å². The summed E-state index contributed by atoms with van der Waals surface area (Å²) in [6.45, 7) is 6.15. The molecule has 0 aliphatic heterocycles. The molecule has 0 fully saturated rings. The van der Waals surface area contributed by atoms with Gasteiger partial charge in [-0.15, -0.1) is 0 Å². The highest BCUT2D eigenvalue weighted by Gasteiger charge is 2.27. The first-order chi connectivity index (χ1) is 8.11. The van der Waals surface area contributed by atoms with E-state index in [0.717, 1.165) is 0 Å². The molecular formula is C12H22F3NO2. The molecule has 0 aromatic rings. The Bertz CT molecular complexity index is 254. The highest BCUT2D eigenvalue weighted by atomic mass is 19.4. The van der Waals surface area contributed by atoms with Gasteiger partial charge in [-0.05, 0) is 25.7 Å². The molecule has 0 aromatic carbocycles. The lowest BCUT2D eigenvalue weighted by atomic mass is 10.1. The van der Waals surface area contributed by atoms with Crippen molar-refractivity contribution in [3.05, 3.63) is 0 Å². The summed E-state index contributed by atoms with van der Waals surface area (Å²) in [6, 6.07) is -0.147. The van der Waals surface area contributed by atoms with Gasteiger partial charge < -0.3 is 5.11 Å². The number of carboxylic acid groups (broad SMARTS) is 1. The Hall–Kier alpha value is -0.780. The number of aliphatic carboxylic acids is 1. The Balaban J connectivity index is 4.20. The highest BCUT2D eigenvalue weighted by Crippen LogP contribution is 2.23. The molecule has 108 valence electrons. The monoisotopic (exact) mass is 269 g/mol. The Morgan fingerprint density at radius 2 is 1.83 bits per heavy atom. The fraction of sp³-hybridized carbons (Fsp3) is 0.917. The van der Waals surface area contributed by atoms with E-state index in [-0.39, 0.29) is 24.9 Å². The van der Waals surface area contributed by atoms with Crippen molar-refractivity contribution in [3.8, 4) is 0 Å². The van der Waals surface area contributed by atoms with Gasteiger partial charge in [0.2, 0.25) is 0 Å². The van der Waals surface area contributed by atoms with Crippen molar-refractivity contribution in [2.75, 3.05) is 13.1 Å². The number of hydrogen-bond donors (Lipinski definition) is 1. The second-order valence-corrected chi connectivity index (χ2v) is 5.07. The van der Waals surface area contributed by atoms with Crippen molar-refractivity contribution >= 4 is 5.97 Å². The van der Waals surface area contributed by atoms with Gasteiger partial charge in [-0.25, -0.2) is 0 Å². The minimum Gasteiger partial charge on any atom is -0.480 e. The summed E-state index contributed by atoms with van der Waals surface area (Å²) in [5, 5.41) is 8.78. The van der Waals surface area contributed by atoms with E-state index in [0.29, 0.717) is 13.0 Å². The molecule has 0 saturated heterocycles. The van der Waals surface area contributed by atoms with Gasteiger partial charge >= 0.3 is 12.1 Å². The molecule has 0 aliphatic carbocycles. The second-order valence-electron chi connectivity index (χ2n) is 5.07. The Morgan fingerprint density at radius 3 is 2.22 bits per heavy atom. The minimum atomic E-state index is -4.13. The number of nitrogens with zero attached hydrogens (tertiary/aromatic N) is 1. The molecule has 6 heteroatoms. The lowest BCUT2D eigenvalue weighted by molar-refractivity contribution is -0.140. The standard InChI is InChI=1S/C12H22F3NO2/c1-9(2)7-16(8-11(17)18)10(3)5-4-6-12(13,14)15/h9-10H,4-8H2,1-3H3,(H,17,18). The molecule has 0 rings (SSSR count). The SMILES string of the molecule is CC(C)CN(CC(=O)O)C(C)CCCC(F)(F)F. The van der Waals surface area contributed by atoms with Gasteiger partial charge in [-0.2, -0.15) is 13.2 Å². The summed E-state index contributed by atoms with van der Waals surface area (Å²) >= 11 is 0. The van der Waals surface area contributed by atoms with Gasteiger partial charge in [-0.3, -0.25) is 9.69 Å². The maximum absolute atomic E-state index is 12.0. The van der Waals surface area contributed by atoms with Crippen molar-refractivity contribution in [1.82, 2.24) is 4.90 Å². The van der Waals surface area contributed by atoms with Gasteiger partial charge in [0, 0.05) is 19.0 Å². The summed E-state index contributed by atoms with van der Waals surface area (Å²) in [5.74, 6) is -0.660. The fourth-order valence-electron chi connectivity index (χ4n) is 1.82. The third-order valence-corrected chi connectivity index (χ3v) is 2.64. The van der Waals surface area contributed by atoms with Crippen LogP contribution in [0, 0.1) is 5.92 Å². The number of halogens is 3. The van der Waals surface area contributed by atoms with Crippen LogP contribution in [0.1, 0.15) is 40.0 Å². The lowest BCUT2D eigenvalue weighted by Gasteiger charge is -2.29. The first kappa shape index (κ1) is 17.2. The van der Waals surface area contributed by atoms with E-state index in [4.69, 9.17) is 5.11 Å². The number of rotatable bonds is 8. The maximum Gasteiger partial charge on any atom is 0.389 e. The average molecular weight is 269 g/mol. The molecule has 1 atom stereocenters. The van der Waals surface area contributed by atoms with Crippen LogP contribution >= 0.6 is 0 Å². The topological polar surface area (TPSA) is 40.5 Å². The van der Waals surface area contributed by atoms with E-state index < -0.39 is 18.6 Å². The molecule has 1 unspecified atom stereocenters. The van der Waals surface area contributed by atoms with Crippen LogP contribution in [0.4, 0.5) is 13.2 Å². The molecule has 18 heavy (non-hydrogen) atoms. The smallest absolute Gasteiger partial charge is 0.389 e. The molecule has 0 saturated carbocycles. The molecule has 3 nitrogen and oxygen atoms in total. The molecular weight excluding hydrogens is 247 g/mol. The fourth-order valence-corrected chi connectivity index (χ4v) is 1.82. The number of alkyl halides is 3. The molecule has 0 spiro atoms. The van der Waals surface area contributed by atoms with Crippen molar-refractivity contribution in [2.24, 2.45) is 5.92 Å². The van der Waals surface area contributed by atoms with Gasteiger partial charge in [-0.1, -0.05) is 13.8 Å². The van der Waals surface area contributed by atoms with E-state index in [1.807, 2.05) is 13.8 Å². The summed E-state index contributed by atoms with van der Waals surface area (Å²) < 4.78 is 36.1. The molecule has 0 amide bonds. The zero-order valence-corrected chi connectivity index (χ0v) is 11.1. The van der Waals surface area contributed by atoms with Crippen molar-refractivity contribution in [2.45, 2.75) is 52.3 Å². The van der Waals surface area contributed by atoms with Crippen molar-refractivity contribution < 1.29 is 23.1 Å². The third-order valence-electron chi connectivity index (χ3n) is 2.64. The predicted octanol–water partition coefficient (Wildman–Crippen LogP) is 3.15. The zero-order chi connectivity index (χ0) is 14.3. The van der Waals surface area contributed by atoms with Crippen LogP contribution in [0.15, 0.2) is 0 Å². The normalized spacial score (nSPS) is 14.2. The van der Waals surface area contributed by atoms with Gasteiger partial charge in [0.25, 0.3) is 0 Å². The van der Waals surface area contributed by atoms with E-state index in [2.05, 4.69) is 0 Å². The number of carbonyl (C=O) groups is 1. The highest BCUT2D eigenvalue weighted by molar-refractivity contribution is 5.69. The van der Waals surface area contributed by atoms with Crippen LogP contribution in [0.2, 0.25) is 0 Å². The van der Waals surface area contributed by atoms with Gasteiger partial charge in [0.15, 0.2) is 0 Å². The second kappa shape index (κ2) is 7.61. The molecule has 0 bridgehead atoms. The third kappa shape index (κ3) is 9.27. The van der Waals surface area contributed by atoms with Crippen LogP contribution in [0.25, 0.3) is 0 Å². The quantitative estimate of drug-likeness (QED) is 0.736. The lowest BCUT2D eigenvalue weighted by Crippen LogP contribution is -2.39. The summed E-state index contributed by atoms with van der Waals surface area (Å²) in [4.78, 5) is 12.4. The first-order valence-corrected chi connectivity index (χ1v) is 6.14. The molecule has 0 aliphatic rings. The first-order valence-electron chi connectivity index (χ1n) is 6.14. The van der Waals surface area contributed by atoms with Crippen molar-refractivity contribution in [1.29, 1.82) is 0 Å². The van der Waals surface area contributed by atoms with E-state index >= 15 is 0 Å². The summed E-state index contributed by atoms with van der Waals surface area (Å²) in [5.41, 5.74) is 0. The molecule has 1 N–H and O–H groups in total. The molecule has 0 radical (unpaired) electrons. The van der Waals surface area contributed by atoms with Crippen LogP contribution < -0.4 is 0 Å². The van der Waals surface area contributed by atoms with Crippen molar-refractivity contribution in [3.63, 3.8) is 0 Å². The molecule has 0 heterocycles. The minimum absolute atomic E-state index is 0.0406. The Labute approximate surface area is 106 Å². The number of carboxylic acids is 1. The average Bonchev–Trinajstić information content (AvgIpc) is 2.12. The largest absolute Gasteiger partial charge is 0.480 e. The van der Waals surface area contributed by atoms with Crippen LogP contribution in [0.3, 0.4) is 0 Å². The van der Waals surface area contributed by atoms with Crippen LogP contribution in [0.5, 0.6) is 0 Å². The van der Waals surface area contributed by atoms with Crippen LogP contribution in [-0.4, -0.2) is 41.3 Å². The predicted molar refractivity (Wildman–Crippen MR) is 63.4 cm³/mol. The zero-order valence-electron chi connectivity index (χ0n) is 11.1. The van der Waals surface area contributed by atoms with E-state index in [1.165, 1.54) is 0 Å². The Kier molecular flexibility index (Phi) is 7.28. The van der Waals surface area contributed by atoms with Crippen LogP contribution in [-0.2, 0) is 4.79 Å². The van der Waals surface area contributed by atoms with E-state index in [1.54, 1.807) is 11.8 Å². The molecule has 0 aromatic heterocycles. The summed E-state index contributed by atoms with van der Waals surface area (Å²) in [6.07, 6.45) is -4.53. The van der Waals surface area contributed by atoms with Gasteiger partial charge in [0.1, 0.15) is 0 Å². The Morgan fingerprint density at radius 1 is 1.28 bits per heavy atom. The maximum atomic E-state index is 12.0. The summed E-state index contributed by atoms with van der Waals surface area (Å²) in [7, 11) is 0. The number of hydrogen-bond acceptors (Lipinski definition) is 2.